The van der Waals surface area contributed by atoms with E-state index in [-0.39, 0.29) is 6.10 Å². The molecule has 156 valence electrons. The maximum absolute atomic E-state index is 6.05. The van der Waals surface area contributed by atoms with Crippen LogP contribution in [0.5, 0.6) is 11.5 Å². The zero-order valence-electron chi connectivity index (χ0n) is 17.1. The summed E-state index contributed by atoms with van der Waals surface area (Å²) in [5, 5.41) is 8.36. The molecule has 0 radical (unpaired) electrons. The number of hydrogen-bond donors (Lipinski definition) is 1. The van der Waals surface area contributed by atoms with Crippen LogP contribution in [0.4, 0.5) is 0 Å². The molecule has 31 heavy (non-hydrogen) atoms. The number of para-hydroxylation sites is 2. The second-order valence-corrected chi connectivity index (χ2v) is 7.56. The number of pyridine rings is 1. The van der Waals surface area contributed by atoms with Crippen LogP contribution < -0.4 is 14.8 Å². The largest absolute Gasteiger partial charge is 0.486 e. The van der Waals surface area contributed by atoms with Crippen molar-refractivity contribution in [1.82, 2.24) is 20.1 Å². The van der Waals surface area contributed by atoms with E-state index >= 15 is 0 Å². The molecule has 0 aliphatic carbocycles. The molecule has 3 heterocycles. The molecule has 0 saturated carbocycles. The van der Waals surface area contributed by atoms with Gasteiger partial charge in [-0.15, -0.1) is 0 Å². The van der Waals surface area contributed by atoms with E-state index in [0.29, 0.717) is 19.7 Å². The zero-order valence-corrected chi connectivity index (χ0v) is 17.1. The van der Waals surface area contributed by atoms with E-state index in [1.165, 1.54) is 5.56 Å². The molecule has 2 aromatic heterocycles. The molecule has 4 aromatic rings. The number of hydrogen-bond acceptors (Lipinski definition) is 5. The van der Waals surface area contributed by atoms with Crippen molar-refractivity contribution in [1.29, 1.82) is 0 Å². The van der Waals surface area contributed by atoms with Gasteiger partial charge in [0.05, 0.1) is 12.2 Å². The average Bonchev–Trinajstić information content (AvgIpc) is 3.22. The Labute approximate surface area is 181 Å². The first-order chi connectivity index (χ1) is 15.3. The maximum atomic E-state index is 6.05. The minimum absolute atomic E-state index is 0.0314. The molecule has 0 unspecified atom stereocenters. The Hall–Kier alpha value is -3.64. The van der Waals surface area contributed by atoms with Crippen LogP contribution in [-0.4, -0.2) is 34.0 Å². The van der Waals surface area contributed by atoms with Crippen LogP contribution in [-0.2, 0) is 13.1 Å². The van der Waals surface area contributed by atoms with Crippen molar-refractivity contribution >= 4 is 0 Å². The van der Waals surface area contributed by atoms with Crippen molar-refractivity contribution in [3.63, 3.8) is 0 Å². The van der Waals surface area contributed by atoms with Crippen molar-refractivity contribution in [3.05, 3.63) is 96.4 Å². The summed E-state index contributed by atoms with van der Waals surface area (Å²) in [5.74, 6) is 1.60. The summed E-state index contributed by atoms with van der Waals surface area (Å²) >= 11 is 0. The molecule has 6 nitrogen and oxygen atoms in total. The van der Waals surface area contributed by atoms with E-state index in [1.54, 1.807) is 6.20 Å². The summed E-state index contributed by atoms with van der Waals surface area (Å²) < 4.78 is 13.9. The van der Waals surface area contributed by atoms with E-state index in [0.717, 1.165) is 34.9 Å². The molecular formula is C25H24N4O2. The van der Waals surface area contributed by atoms with Crippen molar-refractivity contribution in [3.8, 4) is 22.8 Å². The van der Waals surface area contributed by atoms with Gasteiger partial charge in [-0.2, -0.15) is 5.10 Å². The van der Waals surface area contributed by atoms with Crippen LogP contribution >= 0.6 is 0 Å². The fraction of sp³-hybridized carbons (Fsp3) is 0.200. The summed E-state index contributed by atoms with van der Waals surface area (Å²) in [4.78, 5) is 4.26. The van der Waals surface area contributed by atoms with Crippen molar-refractivity contribution in [2.75, 3.05) is 13.2 Å². The number of rotatable bonds is 7. The average molecular weight is 412 g/mol. The standard InChI is InChI=1S/C25H24N4O2/c1-2-7-19(8-3-1)16-29-17-21(25(28-29)20-9-6-12-26-13-20)14-27-15-22-18-30-23-10-4-5-11-24(23)31-22/h1-13,17,22,27H,14-16,18H2/t22-/m0/s1. The summed E-state index contributed by atoms with van der Waals surface area (Å²) in [5.41, 5.74) is 4.30. The molecule has 1 aliphatic heterocycles. The first-order valence-electron chi connectivity index (χ1n) is 10.4. The highest BCUT2D eigenvalue weighted by Gasteiger charge is 2.20. The third-order valence-corrected chi connectivity index (χ3v) is 5.21. The van der Waals surface area contributed by atoms with Gasteiger partial charge in [-0.3, -0.25) is 9.67 Å². The number of aromatic nitrogens is 3. The summed E-state index contributed by atoms with van der Waals surface area (Å²) in [6.07, 6.45) is 5.71. The molecule has 0 saturated heterocycles. The molecule has 5 rings (SSSR count). The number of nitrogens with one attached hydrogen (secondary N) is 1. The minimum atomic E-state index is -0.0314. The highest BCUT2D eigenvalue weighted by atomic mass is 16.6. The predicted octanol–water partition coefficient (Wildman–Crippen LogP) is 3.92. The number of nitrogens with zero attached hydrogens (tertiary/aromatic N) is 3. The van der Waals surface area contributed by atoms with Gasteiger partial charge < -0.3 is 14.8 Å². The molecule has 0 bridgehead atoms. The van der Waals surface area contributed by atoms with Crippen LogP contribution in [0.2, 0.25) is 0 Å². The summed E-state index contributed by atoms with van der Waals surface area (Å²) in [6.45, 7) is 2.63. The molecule has 0 fully saturated rings. The van der Waals surface area contributed by atoms with Crippen LogP contribution in [0.3, 0.4) is 0 Å². The Morgan fingerprint density at radius 2 is 1.81 bits per heavy atom. The summed E-state index contributed by atoms with van der Waals surface area (Å²) in [7, 11) is 0. The van der Waals surface area contributed by atoms with E-state index in [9.17, 15) is 0 Å². The van der Waals surface area contributed by atoms with Gasteiger partial charge in [0.15, 0.2) is 11.5 Å². The molecule has 2 aromatic carbocycles. The Morgan fingerprint density at radius 3 is 2.65 bits per heavy atom. The van der Waals surface area contributed by atoms with E-state index in [1.807, 2.05) is 65.5 Å². The van der Waals surface area contributed by atoms with Crippen molar-refractivity contribution in [2.45, 2.75) is 19.2 Å². The normalized spacial score (nSPS) is 15.0. The van der Waals surface area contributed by atoms with Crippen LogP contribution in [0.15, 0.2) is 85.3 Å². The molecule has 1 atom stereocenters. The Balaban J connectivity index is 1.28. The Kier molecular flexibility index (Phi) is 5.62. The minimum Gasteiger partial charge on any atom is -0.486 e. The molecular weight excluding hydrogens is 388 g/mol. The van der Waals surface area contributed by atoms with Crippen molar-refractivity contribution in [2.24, 2.45) is 0 Å². The molecule has 6 heteroatoms. The van der Waals surface area contributed by atoms with Gasteiger partial charge in [0.2, 0.25) is 0 Å². The molecule has 0 spiro atoms. The fourth-order valence-corrected chi connectivity index (χ4v) is 3.72. The first-order valence-corrected chi connectivity index (χ1v) is 10.4. The third kappa shape index (κ3) is 4.59. The molecule has 1 aliphatic rings. The first kappa shape index (κ1) is 19.3. The second-order valence-electron chi connectivity index (χ2n) is 7.56. The molecule has 0 amide bonds. The Bertz CT molecular complexity index is 1130. The fourth-order valence-electron chi connectivity index (χ4n) is 3.72. The lowest BCUT2D eigenvalue weighted by Crippen LogP contribution is -2.38. The maximum Gasteiger partial charge on any atom is 0.161 e. The van der Waals surface area contributed by atoms with Crippen LogP contribution in [0.25, 0.3) is 11.3 Å². The summed E-state index contributed by atoms with van der Waals surface area (Å²) in [6, 6.07) is 22.1. The zero-order chi connectivity index (χ0) is 20.9. The van der Waals surface area contributed by atoms with Gasteiger partial charge in [-0.05, 0) is 29.8 Å². The highest BCUT2D eigenvalue weighted by molar-refractivity contribution is 5.61. The van der Waals surface area contributed by atoms with Crippen LogP contribution in [0, 0.1) is 0 Å². The van der Waals surface area contributed by atoms with Crippen LogP contribution in [0.1, 0.15) is 11.1 Å². The number of ether oxygens (including phenoxy) is 2. The van der Waals surface area contributed by atoms with Gasteiger partial charge in [-0.1, -0.05) is 42.5 Å². The number of fused-ring (bicyclic) bond motifs is 1. The van der Waals surface area contributed by atoms with E-state index in [2.05, 4.69) is 28.6 Å². The van der Waals surface area contributed by atoms with Gasteiger partial charge in [0, 0.05) is 42.8 Å². The lowest BCUT2D eigenvalue weighted by Gasteiger charge is -2.26. The topological polar surface area (TPSA) is 61.2 Å². The smallest absolute Gasteiger partial charge is 0.161 e. The predicted molar refractivity (Wildman–Crippen MR) is 119 cm³/mol. The second kappa shape index (κ2) is 9.02. The van der Waals surface area contributed by atoms with Gasteiger partial charge in [-0.25, -0.2) is 0 Å². The lowest BCUT2D eigenvalue weighted by atomic mass is 10.1. The SMILES string of the molecule is c1ccc(Cn2cc(CNC[C@H]3COc4ccccc4O3)c(-c3cccnc3)n2)cc1. The van der Waals surface area contributed by atoms with Gasteiger partial charge in [0.25, 0.3) is 0 Å². The van der Waals surface area contributed by atoms with E-state index < -0.39 is 0 Å². The van der Waals surface area contributed by atoms with Crippen molar-refractivity contribution < 1.29 is 9.47 Å². The monoisotopic (exact) mass is 412 g/mol. The molecule has 1 N–H and O–H groups in total. The lowest BCUT2D eigenvalue weighted by molar-refractivity contribution is 0.0902. The van der Waals surface area contributed by atoms with Gasteiger partial charge in [0.1, 0.15) is 12.7 Å². The van der Waals surface area contributed by atoms with Gasteiger partial charge >= 0.3 is 0 Å². The Morgan fingerprint density at radius 1 is 0.968 bits per heavy atom. The quantitative estimate of drug-likeness (QED) is 0.499. The van der Waals surface area contributed by atoms with E-state index in [4.69, 9.17) is 14.6 Å². The third-order valence-electron chi connectivity index (χ3n) is 5.21. The number of benzene rings is 2. The highest BCUT2D eigenvalue weighted by Crippen LogP contribution is 2.30.